The molecule has 0 aromatic carbocycles. The van der Waals surface area contributed by atoms with E-state index in [1.165, 1.54) is 0 Å². The highest BCUT2D eigenvalue weighted by molar-refractivity contribution is 5.01. The van der Waals surface area contributed by atoms with Gasteiger partial charge in [0.05, 0.1) is 18.9 Å². The monoisotopic (exact) mass is 264 g/mol. The lowest BCUT2D eigenvalue weighted by molar-refractivity contribution is -0.0103. The molecular weight excluding hydrogens is 240 g/mol. The lowest BCUT2D eigenvalue weighted by atomic mass is 10.0. The third kappa shape index (κ3) is 3.96. The Bertz CT molecular complexity index is 376. The number of nitrogens with zero attached hydrogens (tertiary/aromatic N) is 3. The van der Waals surface area contributed by atoms with Gasteiger partial charge in [-0.1, -0.05) is 0 Å². The predicted molar refractivity (Wildman–Crippen MR) is 74.9 cm³/mol. The van der Waals surface area contributed by atoms with E-state index in [0.29, 0.717) is 0 Å². The molecule has 1 aliphatic rings. The van der Waals surface area contributed by atoms with Gasteiger partial charge in [0.2, 0.25) is 0 Å². The summed E-state index contributed by atoms with van der Waals surface area (Å²) in [6.45, 7) is 11.3. The zero-order valence-electron chi connectivity index (χ0n) is 12.1. The van der Waals surface area contributed by atoms with Gasteiger partial charge in [-0.2, -0.15) is 0 Å². The van der Waals surface area contributed by atoms with E-state index in [0.717, 1.165) is 38.5 Å². The summed E-state index contributed by atoms with van der Waals surface area (Å²) in [4.78, 5) is 10.9. The second-order valence-corrected chi connectivity index (χ2v) is 5.64. The quantitative estimate of drug-likeness (QED) is 0.867. The van der Waals surface area contributed by atoms with Crippen molar-refractivity contribution in [3.63, 3.8) is 0 Å². The van der Waals surface area contributed by atoms with Gasteiger partial charge in [-0.3, -0.25) is 14.9 Å². The van der Waals surface area contributed by atoms with Crippen molar-refractivity contribution in [3.05, 3.63) is 24.3 Å². The Labute approximate surface area is 115 Å². The van der Waals surface area contributed by atoms with Crippen molar-refractivity contribution >= 4 is 0 Å². The summed E-state index contributed by atoms with van der Waals surface area (Å²) >= 11 is 0. The van der Waals surface area contributed by atoms with Crippen LogP contribution >= 0.6 is 0 Å². The molecule has 19 heavy (non-hydrogen) atoms. The van der Waals surface area contributed by atoms with E-state index in [1.807, 2.05) is 6.20 Å². The van der Waals surface area contributed by atoms with Crippen LogP contribution in [-0.4, -0.2) is 53.3 Å². The van der Waals surface area contributed by atoms with Gasteiger partial charge in [0.15, 0.2) is 0 Å². The normalized spacial score (nSPS) is 19.3. The van der Waals surface area contributed by atoms with Gasteiger partial charge in [0, 0.05) is 49.8 Å². The zero-order valence-corrected chi connectivity index (χ0v) is 12.1. The maximum Gasteiger partial charge on any atom is 0.0753 e. The summed E-state index contributed by atoms with van der Waals surface area (Å²) in [6, 6.07) is 0.217. The molecule has 1 fully saturated rings. The van der Waals surface area contributed by atoms with Crippen molar-refractivity contribution in [2.45, 2.75) is 32.4 Å². The number of nitrogens with one attached hydrogen (secondary N) is 1. The number of morpholine rings is 1. The Morgan fingerprint density at radius 3 is 2.74 bits per heavy atom. The van der Waals surface area contributed by atoms with Gasteiger partial charge < -0.3 is 10.1 Å². The molecule has 106 valence electrons. The fraction of sp³-hybridized carbons (Fsp3) is 0.714. The first-order valence-electron chi connectivity index (χ1n) is 6.92. The first kappa shape index (κ1) is 14.4. The molecule has 2 heterocycles. The van der Waals surface area contributed by atoms with Crippen molar-refractivity contribution in [2.24, 2.45) is 0 Å². The summed E-state index contributed by atoms with van der Waals surface area (Å²) in [6.07, 6.45) is 5.26. The molecule has 1 saturated heterocycles. The second kappa shape index (κ2) is 6.41. The number of ether oxygens (including phenoxy) is 1. The van der Waals surface area contributed by atoms with Crippen molar-refractivity contribution in [1.82, 2.24) is 20.2 Å². The van der Waals surface area contributed by atoms with Crippen LogP contribution in [0.5, 0.6) is 0 Å². The summed E-state index contributed by atoms with van der Waals surface area (Å²) < 4.78 is 5.41. The van der Waals surface area contributed by atoms with Crippen molar-refractivity contribution in [3.8, 4) is 0 Å². The van der Waals surface area contributed by atoms with Crippen LogP contribution in [0.1, 0.15) is 32.5 Å². The van der Waals surface area contributed by atoms with Crippen molar-refractivity contribution < 1.29 is 4.74 Å². The van der Waals surface area contributed by atoms with E-state index >= 15 is 0 Å². The van der Waals surface area contributed by atoms with E-state index in [-0.39, 0.29) is 11.6 Å². The van der Waals surface area contributed by atoms with E-state index in [4.69, 9.17) is 4.74 Å². The molecule has 1 unspecified atom stereocenters. The molecule has 0 amide bonds. The lowest BCUT2D eigenvalue weighted by Gasteiger charge is -2.41. The molecule has 0 radical (unpaired) electrons. The SMILES string of the molecule is CC(NCC(C)(C)N1CCOCC1)c1cnccn1. The first-order chi connectivity index (χ1) is 9.09. The van der Waals surface area contributed by atoms with E-state index < -0.39 is 0 Å². The number of hydrogen-bond acceptors (Lipinski definition) is 5. The zero-order chi connectivity index (χ0) is 13.7. The lowest BCUT2D eigenvalue weighted by Crippen LogP contribution is -2.54. The molecule has 1 aromatic heterocycles. The standard InChI is InChI=1S/C14H24N4O/c1-12(13-10-15-4-5-16-13)17-11-14(2,3)18-6-8-19-9-7-18/h4-5,10,12,17H,6-9,11H2,1-3H3. The Morgan fingerprint density at radius 2 is 2.11 bits per heavy atom. The van der Waals surface area contributed by atoms with E-state index in [9.17, 15) is 0 Å². The van der Waals surface area contributed by atoms with Gasteiger partial charge in [0.1, 0.15) is 0 Å². The maximum absolute atomic E-state index is 5.41. The molecule has 5 nitrogen and oxygen atoms in total. The smallest absolute Gasteiger partial charge is 0.0753 e. The summed E-state index contributed by atoms with van der Waals surface area (Å²) in [5.74, 6) is 0. The average molecular weight is 264 g/mol. The summed E-state index contributed by atoms with van der Waals surface area (Å²) in [5.41, 5.74) is 1.11. The van der Waals surface area contributed by atoms with Gasteiger partial charge in [-0.15, -0.1) is 0 Å². The van der Waals surface area contributed by atoms with Crippen LogP contribution in [0.2, 0.25) is 0 Å². The highest BCUT2D eigenvalue weighted by Crippen LogP contribution is 2.17. The fourth-order valence-electron chi connectivity index (χ4n) is 2.32. The van der Waals surface area contributed by atoms with Gasteiger partial charge in [0.25, 0.3) is 0 Å². The molecular formula is C14H24N4O. The Hall–Kier alpha value is -1.04. The van der Waals surface area contributed by atoms with E-state index in [2.05, 4.69) is 41.0 Å². The van der Waals surface area contributed by atoms with Crippen LogP contribution in [0.4, 0.5) is 0 Å². The van der Waals surface area contributed by atoms with Crippen LogP contribution in [-0.2, 0) is 4.74 Å². The summed E-state index contributed by atoms with van der Waals surface area (Å²) in [7, 11) is 0. The van der Waals surface area contributed by atoms with Crippen LogP contribution in [0.3, 0.4) is 0 Å². The van der Waals surface area contributed by atoms with Crippen LogP contribution in [0.15, 0.2) is 18.6 Å². The van der Waals surface area contributed by atoms with Gasteiger partial charge in [-0.05, 0) is 20.8 Å². The first-order valence-corrected chi connectivity index (χ1v) is 6.92. The Balaban J connectivity index is 1.86. The molecule has 0 aliphatic carbocycles. The third-order valence-corrected chi connectivity index (χ3v) is 3.73. The van der Waals surface area contributed by atoms with Crippen molar-refractivity contribution in [1.29, 1.82) is 0 Å². The minimum Gasteiger partial charge on any atom is -0.379 e. The maximum atomic E-state index is 5.41. The molecule has 1 aliphatic heterocycles. The topological polar surface area (TPSA) is 50.3 Å². The van der Waals surface area contributed by atoms with Gasteiger partial charge in [-0.25, -0.2) is 0 Å². The molecule has 5 heteroatoms. The number of rotatable bonds is 5. The minimum absolute atomic E-state index is 0.125. The fourth-order valence-corrected chi connectivity index (χ4v) is 2.32. The van der Waals surface area contributed by atoms with Crippen LogP contribution in [0.25, 0.3) is 0 Å². The number of hydrogen-bond donors (Lipinski definition) is 1. The molecule has 1 aromatic rings. The molecule has 0 bridgehead atoms. The van der Waals surface area contributed by atoms with Gasteiger partial charge >= 0.3 is 0 Å². The molecule has 2 rings (SSSR count). The second-order valence-electron chi connectivity index (χ2n) is 5.64. The van der Waals surface area contributed by atoms with Crippen LogP contribution < -0.4 is 5.32 Å². The molecule has 1 N–H and O–H groups in total. The molecule has 0 saturated carbocycles. The predicted octanol–water partition coefficient (Wildman–Crippen LogP) is 1.24. The highest BCUT2D eigenvalue weighted by atomic mass is 16.5. The van der Waals surface area contributed by atoms with Crippen LogP contribution in [0, 0.1) is 0 Å². The Morgan fingerprint density at radius 1 is 1.37 bits per heavy atom. The average Bonchev–Trinajstić information content (AvgIpc) is 2.47. The third-order valence-electron chi connectivity index (χ3n) is 3.73. The molecule has 0 spiro atoms. The molecule has 1 atom stereocenters. The van der Waals surface area contributed by atoms with Crippen molar-refractivity contribution in [2.75, 3.05) is 32.8 Å². The largest absolute Gasteiger partial charge is 0.379 e. The number of aromatic nitrogens is 2. The highest BCUT2D eigenvalue weighted by Gasteiger charge is 2.28. The van der Waals surface area contributed by atoms with E-state index in [1.54, 1.807) is 12.4 Å². The minimum atomic E-state index is 0.125. The Kier molecular flexibility index (Phi) is 4.85. The summed E-state index contributed by atoms with van der Waals surface area (Å²) in [5, 5.41) is 3.55.